The van der Waals surface area contributed by atoms with Gasteiger partial charge < -0.3 is 10.1 Å². The Morgan fingerprint density at radius 2 is 1.52 bits per heavy atom. The molecule has 0 spiro atoms. The summed E-state index contributed by atoms with van der Waals surface area (Å²) < 4.78 is 5.32. The van der Waals surface area contributed by atoms with Gasteiger partial charge in [-0.1, -0.05) is 53.7 Å². The maximum Gasteiger partial charge on any atom is 0.338 e. The van der Waals surface area contributed by atoms with Crippen molar-refractivity contribution >= 4 is 11.9 Å². The van der Waals surface area contributed by atoms with Gasteiger partial charge in [0, 0.05) is 6.54 Å². The summed E-state index contributed by atoms with van der Waals surface area (Å²) in [6.45, 7) is 13.3. The van der Waals surface area contributed by atoms with Gasteiger partial charge in [-0.15, -0.1) is 0 Å². The fourth-order valence-electron chi connectivity index (χ4n) is 1.83. The summed E-state index contributed by atoms with van der Waals surface area (Å²) >= 11 is 0. The fraction of sp³-hybridized carbons (Fsp3) is 0.579. The summed E-state index contributed by atoms with van der Waals surface area (Å²) in [4.78, 5) is 24.6. The highest BCUT2D eigenvalue weighted by Gasteiger charge is 2.20. The van der Waals surface area contributed by atoms with Crippen LogP contribution in [0.25, 0.3) is 0 Å². The van der Waals surface area contributed by atoms with E-state index in [4.69, 9.17) is 4.74 Å². The molecule has 0 unspecified atom stereocenters. The number of nitrogens with one attached hydrogen (secondary N) is 1. The molecular formula is C19H29NO3. The van der Waals surface area contributed by atoms with Crippen LogP contribution in [0, 0.1) is 10.8 Å². The molecular weight excluding hydrogens is 290 g/mol. The minimum Gasteiger partial charge on any atom is -0.462 e. The van der Waals surface area contributed by atoms with Crippen LogP contribution >= 0.6 is 0 Å². The zero-order valence-electron chi connectivity index (χ0n) is 15.2. The molecule has 0 aliphatic heterocycles. The average Bonchev–Trinajstić information content (AvgIpc) is 2.42. The van der Waals surface area contributed by atoms with Gasteiger partial charge in [0.25, 0.3) is 5.91 Å². The number of rotatable bonds is 5. The van der Waals surface area contributed by atoms with Gasteiger partial charge in [0.2, 0.25) is 0 Å². The number of carbonyl (C=O) groups is 2. The van der Waals surface area contributed by atoms with Crippen LogP contribution in [0.15, 0.2) is 24.3 Å². The quantitative estimate of drug-likeness (QED) is 0.833. The second kappa shape index (κ2) is 7.62. The van der Waals surface area contributed by atoms with Gasteiger partial charge in [0.05, 0.1) is 17.7 Å². The third-order valence-corrected chi connectivity index (χ3v) is 3.26. The summed E-state index contributed by atoms with van der Waals surface area (Å²) in [6, 6.07) is 6.77. The number of carbonyl (C=O) groups excluding carboxylic acids is 2. The zero-order valence-corrected chi connectivity index (χ0v) is 15.2. The van der Waals surface area contributed by atoms with Gasteiger partial charge in [-0.25, -0.2) is 4.79 Å². The molecule has 0 heterocycles. The first kappa shape index (κ1) is 19.2. The molecule has 0 saturated carbocycles. The second-order valence-corrected chi connectivity index (χ2v) is 8.24. The lowest BCUT2D eigenvalue weighted by atomic mass is 9.93. The minimum absolute atomic E-state index is 0.0161. The summed E-state index contributed by atoms with van der Waals surface area (Å²) in [6.07, 6.45) is 0.775. The highest BCUT2D eigenvalue weighted by Crippen LogP contribution is 2.19. The van der Waals surface area contributed by atoms with E-state index in [1.54, 1.807) is 24.3 Å². The summed E-state index contributed by atoms with van der Waals surface area (Å²) in [5, 5.41) is 2.87. The Bertz CT molecular complexity index is 550. The van der Waals surface area contributed by atoms with Crippen LogP contribution in [0.4, 0.5) is 0 Å². The first-order valence-corrected chi connectivity index (χ1v) is 8.04. The fourth-order valence-corrected chi connectivity index (χ4v) is 1.83. The van der Waals surface area contributed by atoms with E-state index in [1.165, 1.54) is 0 Å². The number of benzene rings is 1. The number of hydrogen-bond donors (Lipinski definition) is 1. The molecule has 0 fully saturated rings. The molecule has 0 radical (unpaired) electrons. The molecule has 1 rings (SSSR count). The van der Waals surface area contributed by atoms with Crippen molar-refractivity contribution in [3.8, 4) is 0 Å². The highest BCUT2D eigenvalue weighted by molar-refractivity contribution is 6.05. The van der Waals surface area contributed by atoms with Gasteiger partial charge in [0.1, 0.15) is 0 Å². The van der Waals surface area contributed by atoms with E-state index in [2.05, 4.69) is 26.1 Å². The maximum atomic E-state index is 12.3. The molecule has 1 amide bonds. The van der Waals surface area contributed by atoms with E-state index in [9.17, 15) is 9.59 Å². The third kappa shape index (κ3) is 7.31. The molecule has 23 heavy (non-hydrogen) atoms. The van der Waals surface area contributed by atoms with Gasteiger partial charge in [-0.05, 0) is 29.4 Å². The van der Waals surface area contributed by atoms with E-state index < -0.39 is 5.97 Å². The molecule has 4 heteroatoms. The van der Waals surface area contributed by atoms with Crippen LogP contribution in [-0.4, -0.2) is 25.0 Å². The Kier molecular flexibility index (Phi) is 6.37. The Hall–Kier alpha value is -1.84. The highest BCUT2D eigenvalue weighted by atomic mass is 16.5. The number of ether oxygens (including phenoxy) is 1. The van der Waals surface area contributed by atoms with E-state index in [1.807, 2.05) is 20.8 Å². The normalized spacial score (nSPS) is 11.9. The minimum atomic E-state index is -0.448. The molecule has 0 atom stereocenters. The lowest BCUT2D eigenvalue weighted by molar-refractivity contribution is 0.0461. The molecule has 0 aromatic heterocycles. The van der Waals surface area contributed by atoms with Crippen LogP contribution in [0.1, 0.15) is 68.7 Å². The molecule has 1 N–H and O–H groups in total. The van der Waals surface area contributed by atoms with Gasteiger partial charge >= 0.3 is 5.97 Å². The monoisotopic (exact) mass is 319 g/mol. The molecule has 128 valence electrons. The van der Waals surface area contributed by atoms with E-state index in [0.717, 1.165) is 6.42 Å². The molecule has 4 nitrogen and oxygen atoms in total. The largest absolute Gasteiger partial charge is 0.462 e. The van der Waals surface area contributed by atoms with Crippen molar-refractivity contribution in [3.05, 3.63) is 35.4 Å². The second-order valence-electron chi connectivity index (χ2n) is 8.24. The summed E-state index contributed by atoms with van der Waals surface area (Å²) in [7, 11) is 0. The zero-order chi connectivity index (χ0) is 17.7. The van der Waals surface area contributed by atoms with Crippen LogP contribution in [0.5, 0.6) is 0 Å². The molecule has 0 bridgehead atoms. The van der Waals surface area contributed by atoms with Crippen molar-refractivity contribution < 1.29 is 14.3 Å². The van der Waals surface area contributed by atoms with Crippen molar-refractivity contribution in [2.45, 2.75) is 48.0 Å². The van der Waals surface area contributed by atoms with Gasteiger partial charge in [-0.2, -0.15) is 0 Å². The van der Waals surface area contributed by atoms with Crippen molar-refractivity contribution in [2.24, 2.45) is 10.8 Å². The Morgan fingerprint density at radius 3 is 2.04 bits per heavy atom. The van der Waals surface area contributed by atoms with Crippen molar-refractivity contribution in [2.75, 3.05) is 13.2 Å². The predicted octanol–water partition coefficient (Wildman–Crippen LogP) is 4.06. The topological polar surface area (TPSA) is 55.4 Å². The lowest BCUT2D eigenvalue weighted by Gasteiger charge is -2.19. The van der Waals surface area contributed by atoms with E-state index >= 15 is 0 Å². The smallest absolute Gasteiger partial charge is 0.338 e. The van der Waals surface area contributed by atoms with Crippen molar-refractivity contribution in [1.82, 2.24) is 5.32 Å². The average molecular weight is 319 g/mol. The third-order valence-electron chi connectivity index (χ3n) is 3.26. The molecule has 0 aliphatic carbocycles. The lowest BCUT2D eigenvalue weighted by Crippen LogP contribution is -2.33. The van der Waals surface area contributed by atoms with Gasteiger partial charge in [-0.3, -0.25) is 4.79 Å². The standard InChI is InChI=1S/C19H29NO3/c1-18(2,3)11-12-23-17(22)15-10-8-7-9-14(15)16(21)20-13-19(4,5)6/h7-10H,11-13H2,1-6H3,(H,20,21). The van der Waals surface area contributed by atoms with Gasteiger partial charge in [0.15, 0.2) is 0 Å². The summed E-state index contributed by atoms with van der Waals surface area (Å²) in [5.74, 6) is -0.695. The first-order valence-electron chi connectivity index (χ1n) is 8.04. The van der Waals surface area contributed by atoms with E-state index in [-0.39, 0.29) is 16.7 Å². The molecule has 1 aromatic rings. The first-order chi connectivity index (χ1) is 10.5. The SMILES string of the molecule is CC(C)(C)CCOC(=O)c1ccccc1C(=O)NCC(C)(C)C. The van der Waals surface area contributed by atoms with Crippen LogP contribution < -0.4 is 5.32 Å². The number of esters is 1. The Balaban J connectivity index is 2.76. The Morgan fingerprint density at radius 1 is 0.957 bits per heavy atom. The Labute approximate surface area is 139 Å². The van der Waals surface area contributed by atoms with Crippen molar-refractivity contribution in [3.63, 3.8) is 0 Å². The van der Waals surface area contributed by atoms with Crippen LogP contribution in [-0.2, 0) is 4.74 Å². The van der Waals surface area contributed by atoms with E-state index in [0.29, 0.717) is 24.3 Å². The molecule has 0 saturated heterocycles. The predicted molar refractivity (Wildman–Crippen MR) is 92.6 cm³/mol. The molecule has 1 aromatic carbocycles. The number of hydrogen-bond acceptors (Lipinski definition) is 3. The molecule has 0 aliphatic rings. The summed E-state index contributed by atoms with van der Waals surface area (Å²) in [5.41, 5.74) is 0.757. The maximum absolute atomic E-state index is 12.3. The van der Waals surface area contributed by atoms with Crippen molar-refractivity contribution in [1.29, 1.82) is 0 Å². The van der Waals surface area contributed by atoms with Crippen LogP contribution in [0.3, 0.4) is 0 Å². The van der Waals surface area contributed by atoms with Crippen LogP contribution in [0.2, 0.25) is 0 Å². The number of amides is 1.